The molecule has 0 saturated heterocycles. The lowest BCUT2D eigenvalue weighted by Crippen LogP contribution is -2.27. The quantitative estimate of drug-likeness (QED) is 0.820. The van der Waals surface area contributed by atoms with Crippen LogP contribution in [0, 0.1) is 0 Å². The number of halogens is 1. The Balaban J connectivity index is 2.71. The van der Waals surface area contributed by atoms with Crippen LogP contribution in [0.1, 0.15) is 22.8 Å². The maximum absolute atomic E-state index is 12.0. The van der Waals surface area contributed by atoms with Crippen molar-refractivity contribution in [2.75, 3.05) is 24.6 Å². The van der Waals surface area contributed by atoms with Gasteiger partial charge in [-0.05, 0) is 30.9 Å². The first-order chi connectivity index (χ1) is 9.19. The maximum atomic E-state index is 12.0. The molecule has 6 heteroatoms. The van der Waals surface area contributed by atoms with E-state index in [0.29, 0.717) is 11.4 Å². The second-order valence-electron chi connectivity index (χ2n) is 5.33. The molecule has 0 spiro atoms. The summed E-state index contributed by atoms with van der Waals surface area (Å²) >= 11 is 3.39. The summed E-state index contributed by atoms with van der Waals surface area (Å²) in [6.45, 7) is 1.56. The number of amides is 1. The number of esters is 1. The fourth-order valence-electron chi connectivity index (χ4n) is 1.37. The topological polar surface area (TPSA) is 55.4 Å². The first-order valence-corrected chi connectivity index (χ1v) is 9.87. The summed E-state index contributed by atoms with van der Waals surface area (Å²) in [5.74, 6) is 0.276. The molecule has 0 saturated carbocycles. The van der Waals surface area contributed by atoms with Crippen LogP contribution >= 0.6 is 26.0 Å². The van der Waals surface area contributed by atoms with E-state index in [0.717, 1.165) is 10.0 Å². The molecule has 1 rings (SSSR count). The molecule has 0 aliphatic carbocycles. The number of carbonyl (C=O) groups excluding carboxylic acids is 2. The van der Waals surface area contributed by atoms with E-state index >= 15 is 0 Å². The van der Waals surface area contributed by atoms with Crippen LogP contribution in [0.5, 0.6) is 0 Å². The van der Waals surface area contributed by atoms with Crippen LogP contribution in [0.3, 0.4) is 0 Å². The third-order valence-electron chi connectivity index (χ3n) is 2.41. The van der Waals surface area contributed by atoms with Crippen molar-refractivity contribution < 1.29 is 14.3 Å². The summed E-state index contributed by atoms with van der Waals surface area (Å²) in [6, 6.07) is 5.26. The van der Waals surface area contributed by atoms with Gasteiger partial charge >= 0.3 is 5.97 Å². The monoisotopic (exact) mass is 361 g/mol. The van der Waals surface area contributed by atoms with Crippen LogP contribution in [0.2, 0.25) is 0 Å². The summed E-state index contributed by atoms with van der Waals surface area (Å²) in [6.07, 6.45) is 6.43. The molecule has 0 aromatic heterocycles. The fraction of sp³-hybridized carbons (Fsp3) is 0.429. The zero-order valence-corrected chi connectivity index (χ0v) is 14.6. The molecule has 0 bridgehead atoms. The Bertz CT molecular complexity index is 512. The summed E-state index contributed by atoms with van der Waals surface area (Å²) in [4.78, 5) is 22.8. The van der Waals surface area contributed by atoms with Gasteiger partial charge in [-0.3, -0.25) is 9.59 Å². The van der Waals surface area contributed by atoms with Gasteiger partial charge in [0.05, 0.1) is 0 Å². The Morgan fingerprint density at radius 2 is 1.95 bits per heavy atom. The molecule has 0 aliphatic rings. The summed E-state index contributed by atoms with van der Waals surface area (Å²) < 4.78 is 5.69. The number of hydrogen-bond donors (Lipinski definition) is 1. The molecule has 0 unspecified atom stereocenters. The molecule has 0 aliphatic heterocycles. The third kappa shape index (κ3) is 5.96. The lowest BCUT2D eigenvalue weighted by Gasteiger charge is -2.25. The molecule has 1 aromatic carbocycles. The molecule has 112 valence electrons. The second-order valence-corrected chi connectivity index (χ2v) is 10.7. The van der Waals surface area contributed by atoms with Gasteiger partial charge in [-0.15, -0.1) is 0 Å². The van der Waals surface area contributed by atoms with E-state index in [2.05, 4.69) is 40.0 Å². The first-order valence-electron chi connectivity index (χ1n) is 6.05. The third-order valence-corrected chi connectivity index (χ3v) is 4.16. The lowest BCUT2D eigenvalue weighted by molar-refractivity contribution is -0.142. The highest BCUT2D eigenvalue weighted by Gasteiger charge is 2.11. The van der Waals surface area contributed by atoms with Crippen molar-refractivity contribution in [3.63, 3.8) is 0 Å². The predicted molar refractivity (Wildman–Crippen MR) is 87.3 cm³/mol. The SMILES string of the molecule is CC(=O)OCc1ccc(C(=O)NCS(C)(C)C)cc1Br. The first kappa shape index (κ1) is 17.0. The minimum atomic E-state index is -0.765. The number of nitrogens with one attached hydrogen (secondary N) is 1. The van der Waals surface area contributed by atoms with Crippen molar-refractivity contribution in [3.8, 4) is 0 Å². The van der Waals surface area contributed by atoms with E-state index in [1.165, 1.54) is 6.92 Å². The van der Waals surface area contributed by atoms with Gasteiger partial charge in [0.15, 0.2) is 0 Å². The van der Waals surface area contributed by atoms with E-state index in [-0.39, 0.29) is 18.5 Å². The fourth-order valence-corrected chi connectivity index (χ4v) is 2.43. The van der Waals surface area contributed by atoms with Crippen LogP contribution in [0.25, 0.3) is 0 Å². The van der Waals surface area contributed by atoms with E-state index in [1.807, 2.05) is 0 Å². The molecule has 1 amide bonds. The van der Waals surface area contributed by atoms with E-state index < -0.39 is 10.0 Å². The molecule has 4 nitrogen and oxygen atoms in total. The van der Waals surface area contributed by atoms with Gasteiger partial charge in [-0.25, -0.2) is 10.0 Å². The Hall–Kier alpha value is -1.01. The molecular weight excluding hydrogens is 342 g/mol. The lowest BCUT2D eigenvalue weighted by atomic mass is 10.1. The summed E-state index contributed by atoms with van der Waals surface area (Å²) in [5, 5.41) is 2.93. The average molecular weight is 362 g/mol. The number of hydrogen-bond acceptors (Lipinski definition) is 3. The highest BCUT2D eigenvalue weighted by Crippen LogP contribution is 2.32. The van der Waals surface area contributed by atoms with E-state index in [9.17, 15) is 9.59 Å². The van der Waals surface area contributed by atoms with E-state index in [4.69, 9.17) is 4.74 Å². The number of carbonyl (C=O) groups is 2. The Morgan fingerprint density at radius 1 is 1.30 bits per heavy atom. The minimum absolute atomic E-state index is 0.0906. The number of benzene rings is 1. The van der Waals surface area contributed by atoms with Gasteiger partial charge in [0.2, 0.25) is 0 Å². The molecule has 0 fully saturated rings. The molecule has 0 atom stereocenters. The van der Waals surface area contributed by atoms with Crippen molar-refractivity contribution in [1.29, 1.82) is 0 Å². The normalized spacial score (nSPS) is 11.8. The average Bonchev–Trinajstić information content (AvgIpc) is 2.33. The number of rotatable bonds is 5. The van der Waals surface area contributed by atoms with Crippen molar-refractivity contribution in [2.45, 2.75) is 13.5 Å². The van der Waals surface area contributed by atoms with Crippen molar-refractivity contribution in [1.82, 2.24) is 5.32 Å². The van der Waals surface area contributed by atoms with Crippen LogP contribution in [-0.2, 0) is 16.1 Å². The second kappa shape index (κ2) is 7.13. The van der Waals surface area contributed by atoms with Crippen LogP contribution in [0.15, 0.2) is 22.7 Å². The molecule has 0 heterocycles. The Labute approximate surface area is 129 Å². The van der Waals surface area contributed by atoms with Crippen LogP contribution < -0.4 is 5.32 Å². The Morgan fingerprint density at radius 3 is 2.45 bits per heavy atom. The van der Waals surface area contributed by atoms with Crippen molar-refractivity contribution in [3.05, 3.63) is 33.8 Å². The summed E-state index contributed by atoms with van der Waals surface area (Å²) in [7, 11) is -0.765. The van der Waals surface area contributed by atoms with Gasteiger partial charge in [0.25, 0.3) is 5.91 Å². The van der Waals surface area contributed by atoms with Gasteiger partial charge in [0, 0.05) is 28.4 Å². The Kier molecular flexibility index (Phi) is 6.07. The highest BCUT2D eigenvalue weighted by atomic mass is 79.9. The molecule has 1 N–H and O–H groups in total. The largest absolute Gasteiger partial charge is 0.461 e. The van der Waals surface area contributed by atoms with Gasteiger partial charge < -0.3 is 10.1 Å². The van der Waals surface area contributed by atoms with Gasteiger partial charge in [-0.2, -0.15) is 0 Å². The van der Waals surface area contributed by atoms with Crippen LogP contribution in [0.4, 0.5) is 0 Å². The van der Waals surface area contributed by atoms with Crippen LogP contribution in [-0.4, -0.2) is 36.5 Å². The van der Waals surface area contributed by atoms with Crippen molar-refractivity contribution >= 4 is 37.8 Å². The molecule has 0 radical (unpaired) electrons. The maximum Gasteiger partial charge on any atom is 0.302 e. The van der Waals surface area contributed by atoms with Gasteiger partial charge in [0.1, 0.15) is 6.61 Å². The predicted octanol–water partition coefficient (Wildman–Crippen LogP) is 2.89. The summed E-state index contributed by atoms with van der Waals surface area (Å²) in [5.41, 5.74) is 1.42. The molecule has 20 heavy (non-hydrogen) atoms. The van der Waals surface area contributed by atoms with Crippen molar-refractivity contribution in [2.24, 2.45) is 0 Å². The van der Waals surface area contributed by atoms with E-state index in [1.54, 1.807) is 18.2 Å². The molecular formula is C14H20BrNO3S. The standard InChI is InChI=1S/C14H20BrNO3S/c1-10(17)19-8-12-6-5-11(7-13(12)15)14(18)16-9-20(2,3)4/h5-7H,8-9H2,1-4H3,(H,16,18). The number of ether oxygens (including phenoxy) is 1. The smallest absolute Gasteiger partial charge is 0.302 e. The van der Waals surface area contributed by atoms with Gasteiger partial charge in [-0.1, -0.05) is 22.0 Å². The zero-order valence-electron chi connectivity index (χ0n) is 12.2. The minimum Gasteiger partial charge on any atom is -0.461 e. The zero-order chi connectivity index (χ0) is 15.3. The molecule has 1 aromatic rings. The highest BCUT2D eigenvalue weighted by molar-refractivity contribution is 9.10.